The third-order valence-corrected chi connectivity index (χ3v) is 6.24. The van der Waals surface area contributed by atoms with Crippen LogP contribution in [0.3, 0.4) is 0 Å². The molecule has 1 atom stereocenters. The number of ether oxygens (including phenoxy) is 1. The maximum absolute atomic E-state index is 12.8. The van der Waals surface area contributed by atoms with Crippen LogP contribution in [0.15, 0.2) is 36.8 Å². The summed E-state index contributed by atoms with van der Waals surface area (Å²) in [5.74, 6) is 0.144. The lowest BCUT2D eigenvalue weighted by Crippen LogP contribution is -2.21. The second kappa shape index (κ2) is 7.88. The van der Waals surface area contributed by atoms with Crippen LogP contribution in [0.2, 0.25) is 0 Å². The molecule has 2 saturated carbocycles. The van der Waals surface area contributed by atoms with E-state index in [1.165, 1.54) is 19.4 Å². The van der Waals surface area contributed by atoms with Gasteiger partial charge in [0, 0.05) is 36.3 Å². The average molecular weight is 451 g/mol. The summed E-state index contributed by atoms with van der Waals surface area (Å²) in [5.41, 5.74) is 1.49. The largest absolute Gasteiger partial charge is 0.494 e. The number of hydrogen-bond donors (Lipinski definition) is 3. The minimum absolute atomic E-state index is 0.0161. The number of nitrogens with zero attached hydrogens (tertiary/aromatic N) is 4. The Morgan fingerprint density at radius 3 is 2.79 bits per heavy atom. The standard InChI is InChI=1S/C23H25N7O3/c1-24-21(31)14-11-25-18(28-22(32)15-10-23(15)7-8-23)9-17(14)27-16-6-4-5-13(19(16)33-3)20-26-12-30(2)29-20/h4-6,9,11-12,15H,7-8,10H2,1-3H3,(H,24,31)(H2,25,27,28,32)/t15-/m0/s1/i1D3. The third-order valence-electron chi connectivity index (χ3n) is 6.24. The number of anilines is 3. The van der Waals surface area contributed by atoms with Gasteiger partial charge in [-0.3, -0.25) is 14.3 Å². The van der Waals surface area contributed by atoms with Crippen molar-refractivity contribution in [3.63, 3.8) is 0 Å². The number of amides is 2. The Labute approximate surface area is 195 Å². The van der Waals surface area contributed by atoms with E-state index < -0.39 is 12.9 Å². The first-order chi connectivity index (χ1) is 17.1. The molecule has 10 nitrogen and oxygen atoms in total. The first-order valence-corrected chi connectivity index (χ1v) is 10.5. The number of aromatic nitrogens is 4. The van der Waals surface area contributed by atoms with Gasteiger partial charge < -0.3 is 20.7 Å². The van der Waals surface area contributed by atoms with Crippen molar-refractivity contribution in [3.8, 4) is 17.1 Å². The first kappa shape index (κ1) is 17.6. The Bertz CT molecular complexity index is 1350. The molecule has 170 valence electrons. The van der Waals surface area contributed by atoms with E-state index >= 15 is 0 Å². The van der Waals surface area contributed by atoms with Crippen LogP contribution >= 0.6 is 0 Å². The molecule has 2 fully saturated rings. The molecule has 0 aliphatic heterocycles. The zero-order valence-electron chi connectivity index (χ0n) is 21.2. The predicted octanol–water partition coefficient (Wildman–Crippen LogP) is 2.73. The normalized spacial score (nSPS) is 19.1. The maximum Gasteiger partial charge on any atom is 0.254 e. The molecule has 33 heavy (non-hydrogen) atoms. The highest BCUT2D eigenvalue weighted by molar-refractivity contribution is 6.02. The molecule has 2 aliphatic carbocycles. The van der Waals surface area contributed by atoms with E-state index in [2.05, 4.69) is 25.7 Å². The van der Waals surface area contributed by atoms with Gasteiger partial charge in [0.25, 0.3) is 5.91 Å². The minimum Gasteiger partial charge on any atom is -0.494 e. The van der Waals surface area contributed by atoms with Crippen molar-refractivity contribution < 1.29 is 18.4 Å². The quantitative estimate of drug-likeness (QED) is 0.506. The summed E-state index contributed by atoms with van der Waals surface area (Å²) in [6, 6.07) is 6.80. The van der Waals surface area contributed by atoms with Crippen LogP contribution in [0, 0.1) is 11.3 Å². The van der Waals surface area contributed by atoms with Crippen LogP contribution in [0.1, 0.15) is 33.7 Å². The fourth-order valence-electron chi connectivity index (χ4n) is 4.16. The van der Waals surface area contributed by atoms with Gasteiger partial charge in [0.1, 0.15) is 12.1 Å². The van der Waals surface area contributed by atoms with Crippen molar-refractivity contribution in [2.24, 2.45) is 18.4 Å². The van der Waals surface area contributed by atoms with E-state index in [9.17, 15) is 9.59 Å². The summed E-state index contributed by atoms with van der Waals surface area (Å²) in [6.07, 6.45) is 5.82. The van der Waals surface area contributed by atoms with Gasteiger partial charge in [-0.05, 0) is 36.8 Å². The molecule has 1 spiro atoms. The van der Waals surface area contributed by atoms with Crippen molar-refractivity contribution in [3.05, 3.63) is 42.4 Å². The van der Waals surface area contributed by atoms with E-state index in [-0.39, 0.29) is 34.3 Å². The Balaban J connectivity index is 1.48. The van der Waals surface area contributed by atoms with Gasteiger partial charge in [-0.1, -0.05) is 6.07 Å². The van der Waals surface area contributed by atoms with Crippen LogP contribution in [-0.4, -0.2) is 45.6 Å². The molecule has 0 unspecified atom stereocenters. The Kier molecular flexibility index (Phi) is 4.20. The molecule has 2 aliphatic rings. The summed E-state index contributed by atoms with van der Waals surface area (Å²) < 4.78 is 29.4. The number of rotatable bonds is 7. The van der Waals surface area contributed by atoms with Crippen molar-refractivity contribution in [2.75, 3.05) is 24.7 Å². The van der Waals surface area contributed by atoms with Crippen molar-refractivity contribution in [1.29, 1.82) is 0 Å². The van der Waals surface area contributed by atoms with Crippen molar-refractivity contribution in [1.82, 2.24) is 25.1 Å². The number of methoxy groups -OCH3 is 1. The summed E-state index contributed by atoms with van der Waals surface area (Å²) >= 11 is 0. The van der Waals surface area contributed by atoms with Crippen molar-refractivity contribution in [2.45, 2.75) is 19.3 Å². The van der Waals surface area contributed by atoms with E-state index in [0.29, 0.717) is 22.8 Å². The zero-order chi connectivity index (χ0) is 25.7. The summed E-state index contributed by atoms with van der Waals surface area (Å²) in [4.78, 5) is 33.9. The van der Waals surface area contributed by atoms with Crippen LogP contribution < -0.4 is 20.7 Å². The summed E-state index contributed by atoms with van der Waals surface area (Å²) in [7, 11) is 3.25. The topological polar surface area (TPSA) is 123 Å². The Morgan fingerprint density at radius 1 is 1.27 bits per heavy atom. The monoisotopic (exact) mass is 450 g/mol. The molecular formula is C23H25N7O3. The second-order valence-corrected chi connectivity index (χ2v) is 8.43. The zero-order valence-corrected chi connectivity index (χ0v) is 18.2. The van der Waals surface area contributed by atoms with Crippen LogP contribution in [0.5, 0.6) is 5.75 Å². The molecule has 2 amide bonds. The van der Waals surface area contributed by atoms with Gasteiger partial charge >= 0.3 is 0 Å². The highest BCUT2D eigenvalue weighted by atomic mass is 16.5. The minimum atomic E-state index is -2.69. The SMILES string of the molecule is [2H]C([2H])([2H])NC(=O)c1cnc(NC(=O)[C@@H]2CC23CC3)cc1Nc1cccc(-c2ncn(C)n2)c1OC. The number of para-hydroxylation sites is 1. The fourth-order valence-corrected chi connectivity index (χ4v) is 4.16. The molecule has 3 N–H and O–H groups in total. The highest BCUT2D eigenvalue weighted by Crippen LogP contribution is 2.70. The van der Waals surface area contributed by atoms with Gasteiger partial charge in [0.15, 0.2) is 11.6 Å². The molecule has 2 heterocycles. The van der Waals surface area contributed by atoms with Gasteiger partial charge in [-0.2, -0.15) is 5.10 Å². The van der Waals surface area contributed by atoms with Gasteiger partial charge in [-0.15, -0.1) is 0 Å². The first-order valence-electron chi connectivity index (χ1n) is 12.0. The number of carbonyl (C=O) groups is 2. The number of hydrogen-bond acceptors (Lipinski definition) is 7. The van der Waals surface area contributed by atoms with Crippen molar-refractivity contribution >= 4 is 29.0 Å². The highest BCUT2D eigenvalue weighted by Gasteiger charge is 2.65. The summed E-state index contributed by atoms with van der Waals surface area (Å²) in [5, 5.41) is 12.3. The van der Waals surface area contributed by atoms with Crippen LogP contribution in [0.25, 0.3) is 11.4 Å². The second-order valence-electron chi connectivity index (χ2n) is 8.43. The van der Waals surface area contributed by atoms with E-state index in [4.69, 9.17) is 8.85 Å². The molecule has 5 rings (SSSR count). The van der Waals surface area contributed by atoms with Gasteiger partial charge in [0.05, 0.1) is 29.6 Å². The number of aryl methyl sites for hydroxylation is 1. The molecule has 10 heteroatoms. The maximum atomic E-state index is 12.8. The van der Waals surface area contributed by atoms with Crippen LogP contribution in [0.4, 0.5) is 17.2 Å². The molecular weight excluding hydrogens is 422 g/mol. The van der Waals surface area contributed by atoms with Crippen LogP contribution in [-0.2, 0) is 11.8 Å². The van der Waals surface area contributed by atoms with Gasteiger partial charge in [-0.25, -0.2) is 9.97 Å². The lowest BCUT2D eigenvalue weighted by atomic mass is 10.1. The molecule has 3 aromatic rings. The molecule has 1 aromatic carbocycles. The number of pyridine rings is 1. The third kappa shape index (κ3) is 3.88. The fraction of sp³-hybridized carbons (Fsp3) is 0.348. The summed E-state index contributed by atoms with van der Waals surface area (Å²) in [6.45, 7) is -2.69. The molecule has 2 aromatic heterocycles. The smallest absolute Gasteiger partial charge is 0.254 e. The van der Waals surface area contributed by atoms with E-state index in [0.717, 1.165) is 19.3 Å². The van der Waals surface area contributed by atoms with E-state index in [1.807, 2.05) is 5.32 Å². The molecule has 0 radical (unpaired) electrons. The van der Waals surface area contributed by atoms with E-state index in [1.54, 1.807) is 36.3 Å². The lowest BCUT2D eigenvalue weighted by Gasteiger charge is -2.17. The number of nitrogens with one attached hydrogen (secondary N) is 3. The molecule has 0 saturated heterocycles. The lowest BCUT2D eigenvalue weighted by molar-refractivity contribution is -0.117. The average Bonchev–Trinajstić information content (AvgIpc) is 3.71. The Morgan fingerprint density at radius 2 is 2.12 bits per heavy atom. The van der Waals surface area contributed by atoms with Gasteiger partial charge in [0.2, 0.25) is 5.91 Å². The number of carbonyl (C=O) groups excluding carboxylic acids is 2. The molecule has 0 bridgehead atoms. The Hall–Kier alpha value is -3.95. The predicted molar refractivity (Wildman–Crippen MR) is 122 cm³/mol. The number of benzene rings is 1.